The molecule has 1 heterocycles. The fraction of sp³-hybridized carbons (Fsp3) is 0.458. The molecular weight excluding hydrogens is 392 g/mol. The van der Waals surface area contributed by atoms with Crippen LogP contribution in [0.3, 0.4) is 0 Å². The van der Waals surface area contributed by atoms with Crippen molar-refractivity contribution >= 4 is 17.3 Å². The number of carbonyl (C=O) groups excluding carboxylic acids is 1. The van der Waals surface area contributed by atoms with Crippen LogP contribution in [0, 0.1) is 16.0 Å². The molecule has 7 nitrogen and oxygen atoms in total. The van der Waals surface area contributed by atoms with Gasteiger partial charge in [0.05, 0.1) is 31.1 Å². The number of carbonyl (C=O) groups is 1. The fourth-order valence-corrected chi connectivity index (χ4v) is 4.43. The van der Waals surface area contributed by atoms with Crippen molar-refractivity contribution in [3.05, 3.63) is 70.3 Å². The van der Waals surface area contributed by atoms with Gasteiger partial charge < -0.3 is 14.7 Å². The smallest absolute Gasteiger partial charge is 0.278 e. The van der Waals surface area contributed by atoms with Crippen LogP contribution < -0.4 is 9.80 Å². The molecule has 2 aromatic carbocycles. The minimum atomic E-state index is -0.374. The number of nitrogens with one attached hydrogen (secondary N) is 1. The summed E-state index contributed by atoms with van der Waals surface area (Å²) in [5.41, 5.74) is 2.30. The Labute approximate surface area is 183 Å². The van der Waals surface area contributed by atoms with E-state index in [0.29, 0.717) is 19.0 Å². The maximum atomic E-state index is 13.3. The molecule has 1 atom stereocenters. The van der Waals surface area contributed by atoms with Gasteiger partial charge in [0.25, 0.3) is 11.6 Å². The average molecular weight is 424 g/mol. The molecule has 7 heteroatoms. The Morgan fingerprint density at radius 1 is 1.13 bits per heavy atom. The predicted molar refractivity (Wildman–Crippen MR) is 120 cm³/mol. The minimum Gasteiger partial charge on any atom is -0.360 e. The Balaban J connectivity index is 1.33. The van der Waals surface area contributed by atoms with Crippen molar-refractivity contribution < 1.29 is 14.6 Å². The van der Waals surface area contributed by atoms with Crippen molar-refractivity contribution in [3.63, 3.8) is 0 Å². The Morgan fingerprint density at radius 3 is 2.35 bits per heavy atom. The molecular formula is C24H31N4O3+. The molecule has 0 spiro atoms. The number of quaternary nitrogens is 1. The number of rotatable bonds is 8. The molecule has 31 heavy (non-hydrogen) atoms. The molecule has 0 bridgehead atoms. The summed E-state index contributed by atoms with van der Waals surface area (Å²) >= 11 is 0. The van der Waals surface area contributed by atoms with E-state index in [1.165, 1.54) is 23.3 Å². The number of anilines is 1. The van der Waals surface area contributed by atoms with E-state index in [4.69, 9.17) is 0 Å². The third-order valence-electron chi connectivity index (χ3n) is 6.61. The van der Waals surface area contributed by atoms with Crippen LogP contribution >= 0.6 is 0 Å². The van der Waals surface area contributed by atoms with E-state index in [0.717, 1.165) is 31.9 Å². The second-order valence-electron chi connectivity index (χ2n) is 8.77. The highest BCUT2D eigenvalue weighted by molar-refractivity contribution is 5.77. The van der Waals surface area contributed by atoms with Gasteiger partial charge in [-0.2, -0.15) is 0 Å². The monoisotopic (exact) mass is 423 g/mol. The number of amides is 1. The van der Waals surface area contributed by atoms with Gasteiger partial charge in [-0.05, 0) is 43.4 Å². The van der Waals surface area contributed by atoms with Crippen LogP contribution in [0.25, 0.3) is 0 Å². The van der Waals surface area contributed by atoms with Crippen molar-refractivity contribution in [2.24, 2.45) is 5.92 Å². The first-order valence-corrected chi connectivity index (χ1v) is 11.2. The third-order valence-corrected chi connectivity index (χ3v) is 6.61. The lowest BCUT2D eigenvalue weighted by Gasteiger charge is -2.35. The lowest BCUT2D eigenvalue weighted by atomic mass is 10.1. The van der Waals surface area contributed by atoms with Crippen LogP contribution in [-0.2, 0) is 11.3 Å². The van der Waals surface area contributed by atoms with Crippen LogP contribution in [0.2, 0.25) is 0 Å². The van der Waals surface area contributed by atoms with E-state index in [-0.39, 0.29) is 22.6 Å². The van der Waals surface area contributed by atoms with Gasteiger partial charge >= 0.3 is 0 Å². The number of hydrogen-bond donors (Lipinski definition) is 1. The van der Waals surface area contributed by atoms with Gasteiger partial charge in [0.1, 0.15) is 0 Å². The van der Waals surface area contributed by atoms with Crippen molar-refractivity contribution in [3.8, 4) is 0 Å². The highest BCUT2D eigenvalue weighted by atomic mass is 16.6. The summed E-state index contributed by atoms with van der Waals surface area (Å²) in [6, 6.07) is 17.3. The molecule has 1 saturated carbocycles. The summed E-state index contributed by atoms with van der Waals surface area (Å²) in [4.78, 5) is 29.4. The number of nitro benzene ring substituents is 1. The van der Waals surface area contributed by atoms with Crippen molar-refractivity contribution in [2.75, 3.05) is 37.6 Å². The molecule has 0 aromatic heterocycles. The minimum absolute atomic E-state index is 0.113. The van der Waals surface area contributed by atoms with E-state index in [9.17, 15) is 14.9 Å². The number of nitro groups is 1. The molecule has 1 aliphatic carbocycles. The normalized spacial score (nSPS) is 17.9. The summed E-state index contributed by atoms with van der Waals surface area (Å²) in [6.45, 7) is 6.87. The van der Waals surface area contributed by atoms with Crippen LogP contribution in [0.4, 0.5) is 11.4 Å². The summed E-state index contributed by atoms with van der Waals surface area (Å²) in [5.74, 6) is 0.878. The molecule has 164 valence electrons. The lowest BCUT2D eigenvalue weighted by molar-refractivity contribution is -0.892. The topological polar surface area (TPSA) is 71.1 Å². The molecule has 2 fully saturated rings. The number of non-ortho nitro benzene ring substituents is 1. The van der Waals surface area contributed by atoms with E-state index in [2.05, 4.69) is 28.9 Å². The average Bonchev–Trinajstić information content (AvgIpc) is 3.64. The number of nitrogens with zero attached hydrogens (tertiary/aromatic N) is 3. The zero-order valence-corrected chi connectivity index (χ0v) is 18.1. The molecule has 1 aliphatic heterocycles. The van der Waals surface area contributed by atoms with E-state index >= 15 is 0 Å². The second kappa shape index (κ2) is 9.47. The SMILES string of the molecule is C[C@H](C1CC1)N(Cc1ccccc1)C(=O)C[NH+]1CCN(c2ccc([N+](=O)[O-])cc2)CC1. The molecule has 1 amide bonds. The van der Waals surface area contributed by atoms with E-state index < -0.39 is 0 Å². The Hall–Kier alpha value is -2.93. The molecule has 4 rings (SSSR count). The highest BCUT2D eigenvalue weighted by Crippen LogP contribution is 2.35. The highest BCUT2D eigenvalue weighted by Gasteiger charge is 2.35. The Bertz CT molecular complexity index is 891. The molecule has 1 saturated heterocycles. The molecule has 1 N–H and O–H groups in total. The maximum Gasteiger partial charge on any atom is 0.278 e. The Kier molecular flexibility index (Phi) is 6.51. The lowest BCUT2D eigenvalue weighted by Crippen LogP contribution is -3.16. The number of hydrogen-bond acceptors (Lipinski definition) is 4. The van der Waals surface area contributed by atoms with Crippen LogP contribution in [0.5, 0.6) is 0 Å². The first-order valence-electron chi connectivity index (χ1n) is 11.2. The number of benzene rings is 2. The fourth-order valence-electron chi connectivity index (χ4n) is 4.43. The Morgan fingerprint density at radius 2 is 1.77 bits per heavy atom. The van der Waals surface area contributed by atoms with Gasteiger partial charge in [0.15, 0.2) is 6.54 Å². The third kappa shape index (κ3) is 5.41. The first-order chi connectivity index (χ1) is 15.0. The summed E-state index contributed by atoms with van der Waals surface area (Å²) in [7, 11) is 0. The quantitative estimate of drug-likeness (QED) is 0.522. The molecule has 0 radical (unpaired) electrons. The zero-order valence-electron chi connectivity index (χ0n) is 18.1. The summed E-state index contributed by atoms with van der Waals surface area (Å²) < 4.78 is 0. The molecule has 2 aliphatic rings. The van der Waals surface area contributed by atoms with Gasteiger partial charge in [0, 0.05) is 30.4 Å². The van der Waals surface area contributed by atoms with E-state index in [1.807, 2.05) is 30.3 Å². The van der Waals surface area contributed by atoms with Gasteiger partial charge in [-0.15, -0.1) is 0 Å². The van der Waals surface area contributed by atoms with Crippen molar-refractivity contribution in [1.82, 2.24) is 4.90 Å². The van der Waals surface area contributed by atoms with E-state index in [1.54, 1.807) is 12.1 Å². The molecule has 2 aromatic rings. The van der Waals surface area contributed by atoms with Crippen LogP contribution in [0.1, 0.15) is 25.3 Å². The van der Waals surface area contributed by atoms with Gasteiger partial charge in [-0.25, -0.2) is 0 Å². The van der Waals surface area contributed by atoms with Gasteiger partial charge in [-0.3, -0.25) is 14.9 Å². The summed E-state index contributed by atoms with van der Waals surface area (Å²) in [6.07, 6.45) is 2.45. The second-order valence-corrected chi connectivity index (χ2v) is 8.77. The van der Waals surface area contributed by atoms with Gasteiger partial charge in [-0.1, -0.05) is 30.3 Å². The van der Waals surface area contributed by atoms with Gasteiger partial charge in [0.2, 0.25) is 0 Å². The first kappa shape index (κ1) is 21.3. The van der Waals surface area contributed by atoms with Crippen LogP contribution in [-0.4, -0.2) is 54.5 Å². The van der Waals surface area contributed by atoms with Crippen molar-refractivity contribution in [1.29, 1.82) is 0 Å². The van der Waals surface area contributed by atoms with Crippen LogP contribution in [0.15, 0.2) is 54.6 Å². The predicted octanol–water partition coefficient (Wildman–Crippen LogP) is 2.13. The standard InChI is InChI=1S/C24H30N4O3/c1-19(21-7-8-21)27(17-20-5-3-2-4-6-20)24(29)18-25-13-15-26(16-14-25)22-9-11-23(12-10-22)28(30)31/h2-6,9-12,19,21H,7-8,13-18H2,1H3/p+1/t19-/m1/s1. The molecule has 0 unspecified atom stereocenters. The van der Waals surface area contributed by atoms with Crippen molar-refractivity contribution in [2.45, 2.75) is 32.4 Å². The number of piperazine rings is 1. The zero-order chi connectivity index (χ0) is 21.8. The largest absolute Gasteiger partial charge is 0.360 e. The maximum absolute atomic E-state index is 13.3. The summed E-state index contributed by atoms with van der Waals surface area (Å²) in [5, 5.41) is 10.9.